The summed E-state index contributed by atoms with van der Waals surface area (Å²) in [4.78, 5) is 0. The minimum Gasteiger partial charge on any atom is -0.356 e. The Hall–Kier alpha value is -2.54. The lowest BCUT2D eigenvalue weighted by molar-refractivity contribution is 0.332. The Morgan fingerprint density at radius 1 is 0.636 bits per heavy atom. The highest BCUT2D eigenvalue weighted by molar-refractivity contribution is 5.72. The molecule has 1 nitrogen and oxygen atoms in total. The van der Waals surface area contributed by atoms with Gasteiger partial charge in [-0.15, -0.1) is 0 Å². The Labute approximate surface area is 200 Å². The number of anilines is 2. The molecule has 0 unspecified atom stereocenters. The van der Waals surface area contributed by atoms with E-state index in [-0.39, 0.29) is 10.8 Å². The molecule has 33 heavy (non-hydrogen) atoms. The molecule has 0 heterocycles. The summed E-state index contributed by atoms with van der Waals surface area (Å²) in [7, 11) is 0. The van der Waals surface area contributed by atoms with Gasteiger partial charge in [0.1, 0.15) is 0 Å². The standard InChI is InChI=1S/C32H39N/c1-31(2)19-20-32(3,4)30-22-26(15-18-29(30)31)25-11-8-12-28(21-25)33-27-16-13-24(14-17-27)23-9-6-5-7-10-23/h8,11-18,21-23,33H,5-7,9-10,19-20H2,1-4H3. The van der Waals surface area contributed by atoms with Crippen LogP contribution in [0.25, 0.3) is 11.1 Å². The van der Waals surface area contributed by atoms with Crippen LogP contribution < -0.4 is 5.32 Å². The van der Waals surface area contributed by atoms with Crippen molar-refractivity contribution in [3.05, 3.63) is 83.4 Å². The normalized spacial score (nSPS) is 19.6. The molecular formula is C32H39N. The minimum absolute atomic E-state index is 0.233. The summed E-state index contributed by atoms with van der Waals surface area (Å²) in [5.74, 6) is 0.759. The highest BCUT2D eigenvalue weighted by Crippen LogP contribution is 2.47. The number of rotatable bonds is 4. The van der Waals surface area contributed by atoms with E-state index in [9.17, 15) is 0 Å². The van der Waals surface area contributed by atoms with Gasteiger partial charge in [-0.25, -0.2) is 0 Å². The average molecular weight is 438 g/mol. The molecule has 0 aliphatic heterocycles. The van der Waals surface area contributed by atoms with E-state index in [0.717, 1.165) is 11.6 Å². The summed E-state index contributed by atoms with van der Waals surface area (Å²) < 4.78 is 0. The van der Waals surface area contributed by atoms with Crippen LogP contribution in [-0.4, -0.2) is 0 Å². The molecule has 1 fully saturated rings. The van der Waals surface area contributed by atoms with Crippen molar-refractivity contribution in [2.45, 2.75) is 89.4 Å². The van der Waals surface area contributed by atoms with Gasteiger partial charge in [0.25, 0.3) is 0 Å². The van der Waals surface area contributed by atoms with Crippen LogP contribution in [0.4, 0.5) is 11.4 Å². The van der Waals surface area contributed by atoms with E-state index in [1.807, 2.05) is 0 Å². The third-order valence-electron chi connectivity index (χ3n) is 8.32. The molecule has 3 aromatic rings. The first-order chi connectivity index (χ1) is 15.8. The van der Waals surface area contributed by atoms with Crippen molar-refractivity contribution < 1.29 is 0 Å². The third-order valence-corrected chi connectivity index (χ3v) is 8.32. The van der Waals surface area contributed by atoms with Gasteiger partial charge in [-0.3, -0.25) is 0 Å². The van der Waals surface area contributed by atoms with Gasteiger partial charge in [-0.2, -0.15) is 0 Å². The molecule has 172 valence electrons. The molecule has 0 spiro atoms. The minimum atomic E-state index is 0.233. The van der Waals surface area contributed by atoms with Gasteiger partial charge in [0, 0.05) is 11.4 Å². The van der Waals surface area contributed by atoms with Crippen LogP contribution in [0.2, 0.25) is 0 Å². The van der Waals surface area contributed by atoms with Gasteiger partial charge in [0.15, 0.2) is 0 Å². The van der Waals surface area contributed by atoms with Crippen LogP contribution in [0, 0.1) is 0 Å². The summed E-state index contributed by atoms with van der Waals surface area (Å²) >= 11 is 0. The van der Waals surface area contributed by atoms with Crippen molar-refractivity contribution in [1.82, 2.24) is 0 Å². The molecule has 1 saturated carbocycles. The summed E-state index contributed by atoms with van der Waals surface area (Å²) in [5.41, 5.74) is 9.95. The predicted molar refractivity (Wildman–Crippen MR) is 143 cm³/mol. The van der Waals surface area contributed by atoms with Crippen molar-refractivity contribution in [1.29, 1.82) is 0 Å². The first-order valence-corrected chi connectivity index (χ1v) is 12.9. The summed E-state index contributed by atoms with van der Waals surface area (Å²) in [6.45, 7) is 9.59. The fraction of sp³-hybridized carbons (Fsp3) is 0.438. The van der Waals surface area contributed by atoms with Crippen molar-refractivity contribution in [3.63, 3.8) is 0 Å². The number of nitrogens with one attached hydrogen (secondary N) is 1. The molecule has 1 heteroatoms. The second-order valence-corrected chi connectivity index (χ2v) is 11.7. The molecule has 3 aromatic carbocycles. The molecule has 2 aliphatic rings. The Kier molecular flexibility index (Phi) is 5.85. The first-order valence-electron chi connectivity index (χ1n) is 12.9. The monoisotopic (exact) mass is 437 g/mol. The van der Waals surface area contributed by atoms with E-state index in [1.54, 1.807) is 0 Å². The Bertz CT molecular complexity index is 1110. The first kappa shape index (κ1) is 22.3. The molecule has 1 N–H and O–H groups in total. The zero-order valence-corrected chi connectivity index (χ0v) is 20.9. The Morgan fingerprint density at radius 2 is 1.30 bits per heavy atom. The molecule has 0 amide bonds. The van der Waals surface area contributed by atoms with Crippen molar-refractivity contribution in [2.24, 2.45) is 0 Å². The molecule has 5 rings (SSSR count). The molecule has 0 aromatic heterocycles. The van der Waals surface area contributed by atoms with Gasteiger partial charge in [0.2, 0.25) is 0 Å². The van der Waals surface area contributed by atoms with Crippen LogP contribution in [0.3, 0.4) is 0 Å². The lowest BCUT2D eigenvalue weighted by Gasteiger charge is -2.42. The number of hydrogen-bond acceptors (Lipinski definition) is 1. The van der Waals surface area contributed by atoms with Crippen molar-refractivity contribution in [3.8, 4) is 11.1 Å². The maximum atomic E-state index is 3.64. The van der Waals surface area contributed by atoms with E-state index in [0.29, 0.717) is 0 Å². The van der Waals surface area contributed by atoms with Crippen LogP contribution in [0.15, 0.2) is 66.7 Å². The van der Waals surface area contributed by atoms with Crippen LogP contribution in [0.1, 0.15) is 95.2 Å². The van der Waals surface area contributed by atoms with E-state index < -0.39 is 0 Å². The lowest BCUT2D eigenvalue weighted by Crippen LogP contribution is -2.33. The highest BCUT2D eigenvalue weighted by Gasteiger charge is 2.36. The molecule has 2 aliphatic carbocycles. The van der Waals surface area contributed by atoms with E-state index in [1.165, 1.54) is 78.5 Å². The number of hydrogen-bond donors (Lipinski definition) is 1. The Balaban J connectivity index is 1.38. The average Bonchev–Trinajstić information content (AvgIpc) is 2.83. The van der Waals surface area contributed by atoms with Crippen molar-refractivity contribution >= 4 is 11.4 Å². The smallest absolute Gasteiger partial charge is 0.0390 e. The van der Waals surface area contributed by atoms with Gasteiger partial charge in [-0.1, -0.05) is 89.4 Å². The zero-order valence-electron chi connectivity index (χ0n) is 20.9. The largest absolute Gasteiger partial charge is 0.356 e. The molecule has 0 radical (unpaired) electrons. The number of fused-ring (bicyclic) bond motifs is 1. The maximum absolute atomic E-state index is 3.64. The van der Waals surface area contributed by atoms with Gasteiger partial charge >= 0.3 is 0 Å². The highest BCUT2D eigenvalue weighted by atomic mass is 14.9. The third kappa shape index (κ3) is 4.60. The topological polar surface area (TPSA) is 12.0 Å². The van der Waals surface area contributed by atoms with Crippen LogP contribution in [0.5, 0.6) is 0 Å². The van der Waals surface area contributed by atoms with E-state index in [4.69, 9.17) is 0 Å². The number of benzene rings is 3. The lowest BCUT2D eigenvalue weighted by atomic mass is 9.63. The quantitative estimate of drug-likeness (QED) is 0.428. The van der Waals surface area contributed by atoms with E-state index >= 15 is 0 Å². The zero-order chi connectivity index (χ0) is 23.1. The second kappa shape index (κ2) is 8.67. The molecule has 0 atom stereocenters. The molecular weight excluding hydrogens is 398 g/mol. The molecule has 0 saturated heterocycles. The summed E-state index contributed by atoms with van der Waals surface area (Å²) in [6.07, 6.45) is 9.38. The van der Waals surface area contributed by atoms with Gasteiger partial charge in [-0.05, 0) is 94.5 Å². The van der Waals surface area contributed by atoms with Gasteiger partial charge < -0.3 is 5.32 Å². The van der Waals surface area contributed by atoms with Gasteiger partial charge in [0.05, 0.1) is 0 Å². The Morgan fingerprint density at radius 3 is 2.03 bits per heavy atom. The summed E-state index contributed by atoms with van der Waals surface area (Å²) in [5, 5.41) is 3.64. The predicted octanol–water partition coefficient (Wildman–Crippen LogP) is 9.49. The fourth-order valence-electron chi connectivity index (χ4n) is 5.99. The van der Waals surface area contributed by atoms with Crippen LogP contribution in [-0.2, 0) is 10.8 Å². The van der Waals surface area contributed by atoms with Crippen LogP contribution >= 0.6 is 0 Å². The van der Waals surface area contributed by atoms with E-state index in [2.05, 4.69) is 99.7 Å². The second-order valence-electron chi connectivity index (χ2n) is 11.7. The fourth-order valence-corrected chi connectivity index (χ4v) is 5.99. The summed E-state index contributed by atoms with van der Waals surface area (Å²) in [6, 6.07) is 25.2. The SMILES string of the molecule is CC1(C)CCC(C)(C)c2cc(-c3cccc(Nc4ccc(C5CCCCC5)cc4)c3)ccc21. The van der Waals surface area contributed by atoms with Crippen molar-refractivity contribution in [2.75, 3.05) is 5.32 Å². The maximum Gasteiger partial charge on any atom is 0.0390 e. The molecule has 0 bridgehead atoms.